The number of hydrogen-bond donors (Lipinski definition) is 1. The van der Waals surface area contributed by atoms with E-state index in [2.05, 4.69) is 51.8 Å². The quantitative estimate of drug-likeness (QED) is 0.665. The Balaban J connectivity index is 1.69. The molecule has 0 saturated carbocycles. The first kappa shape index (κ1) is 15.9. The number of nitrogens with zero attached hydrogens (tertiary/aromatic N) is 2. The number of benzene rings is 1. The molecule has 1 aliphatic rings. The lowest BCUT2D eigenvalue weighted by Gasteiger charge is -2.34. The maximum atomic E-state index is 5.22. The zero-order chi connectivity index (χ0) is 14.9. The molecule has 0 atom stereocenters. The molecule has 4 heteroatoms. The minimum atomic E-state index is 0.787. The van der Waals surface area contributed by atoms with Gasteiger partial charge >= 0.3 is 0 Å². The van der Waals surface area contributed by atoms with Crippen LogP contribution < -0.4 is 5.43 Å². The van der Waals surface area contributed by atoms with Gasteiger partial charge in [-0.2, -0.15) is 0 Å². The van der Waals surface area contributed by atoms with Crippen LogP contribution >= 0.6 is 12.2 Å². The van der Waals surface area contributed by atoms with Crippen LogP contribution in [0.4, 0.5) is 0 Å². The van der Waals surface area contributed by atoms with Crippen LogP contribution in [0.25, 0.3) is 6.08 Å². The minimum absolute atomic E-state index is 0.787. The van der Waals surface area contributed by atoms with Crippen LogP contribution in [-0.4, -0.2) is 47.6 Å². The summed E-state index contributed by atoms with van der Waals surface area (Å²) in [7, 11) is 0. The second-order valence-corrected chi connectivity index (χ2v) is 5.52. The van der Waals surface area contributed by atoms with Gasteiger partial charge in [0.1, 0.15) is 4.99 Å². The molecule has 3 nitrogen and oxygen atoms in total. The molecule has 0 unspecified atom stereocenters. The van der Waals surface area contributed by atoms with Crippen molar-refractivity contribution < 1.29 is 0 Å². The van der Waals surface area contributed by atoms with E-state index in [1.165, 1.54) is 5.56 Å². The molecule has 1 aromatic carbocycles. The van der Waals surface area contributed by atoms with Gasteiger partial charge in [0.05, 0.1) is 0 Å². The Kier molecular flexibility index (Phi) is 6.60. The van der Waals surface area contributed by atoms with Crippen molar-refractivity contribution in [3.8, 4) is 0 Å². The van der Waals surface area contributed by atoms with Crippen LogP contribution in [0.5, 0.6) is 0 Å². The van der Waals surface area contributed by atoms with Gasteiger partial charge < -0.3 is 5.43 Å². The first-order chi connectivity index (χ1) is 10.3. The average Bonchev–Trinajstić information content (AvgIpc) is 2.50. The highest BCUT2D eigenvalue weighted by molar-refractivity contribution is 7.80. The fourth-order valence-electron chi connectivity index (χ4n) is 2.29. The molecule has 0 aliphatic carbocycles. The Labute approximate surface area is 132 Å². The molecule has 2 rings (SSSR count). The smallest absolute Gasteiger partial charge is 0.113 e. The summed E-state index contributed by atoms with van der Waals surface area (Å²) in [5.41, 5.74) is 4.51. The molecule has 1 aromatic rings. The summed E-state index contributed by atoms with van der Waals surface area (Å²) in [5.74, 6) is 0. The number of piperazine rings is 1. The van der Waals surface area contributed by atoms with E-state index in [1.54, 1.807) is 0 Å². The van der Waals surface area contributed by atoms with Crippen LogP contribution in [-0.2, 0) is 0 Å². The van der Waals surface area contributed by atoms with E-state index < -0.39 is 0 Å². The van der Waals surface area contributed by atoms with Crippen molar-refractivity contribution in [2.75, 3.05) is 32.7 Å². The average molecular weight is 301 g/mol. The lowest BCUT2D eigenvalue weighted by atomic mass is 10.2. The van der Waals surface area contributed by atoms with Gasteiger partial charge in [-0.3, -0.25) is 4.90 Å². The third-order valence-electron chi connectivity index (χ3n) is 3.43. The van der Waals surface area contributed by atoms with E-state index in [-0.39, 0.29) is 0 Å². The maximum absolute atomic E-state index is 5.22. The molecule has 1 fully saturated rings. The molecule has 21 heavy (non-hydrogen) atoms. The van der Waals surface area contributed by atoms with E-state index in [9.17, 15) is 0 Å². The Morgan fingerprint density at radius 2 is 1.90 bits per heavy atom. The number of allylic oxidation sites excluding steroid dienone is 1. The molecule has 0 radical (unpaired) electrons. The normalized spacial score (nSPS) is 17.6. The summed E-state index contributed by atoms with van der Waals surface area (Å²) in [5, 5.41) is 2.19. The summed E-state index contributed by atoms with van der Waals surface area (Å²) in [6.07, 6.45) is 8.30. The summed E-state index contributed by atoms with van der Waals surface area (Å²) < 4.78 is 0. The van der Waals surface area contributed by atoms with Crippen molar-refractivity contribution in [2.24, 2.45) is 0 Å². The molecule has 0 aromatic heterocycles. The Bertz CT molecular complexity index is 488. The van der Waals surface area contributed by atoms with Crippen molar-refractivity contribution in [1.82, 2.24) is 15.3 Å². The Hall–Kier alpha value is -1.49. The summed E-state index contributed by atoms with van der Waals surface area (Å²) in [6.45, 7) is 7.09. The van der Waals surface area contributed by atoms with Crippen molar-refractivity contribution in [3.63, 3.8) is 0 Å². The highest BCUT2D eigenvalue weighted by Gasteiger charge is 2.15. The number of nitrogens with one attached hydrogen (secondary N) is 1. The number of thiocarbonyl (C=S) groups is 1. The third-order valence-corrected chi connectivity index (χ3v) is 3.66. The van der Waals surface area contributed by atoms with Crippen molar-refractivity contribution in [1.29, 1.82) is 0 Å². The van der Waals surface area contributed by atoms with Crippen LogP contribution in [0, 0.1) is 0 Å². The molecule has 1 saturated heterocycles. The van der Waals surface area contributed by atoms with Gasteiger partial charge in [0.2, 0.25) is 0 Å². The van der Waals surface area contributed by atoms with E-state index in [0.29, 0.717) is 0 Å². The third kappa shape index (κ3) is 5.79. The lowest BCUT2D eigenvalue weighted by molar-refractivity contribution is 0.122. The summed E-state index contributed by atoms with van der Waals surface area (Å²) in [6, 6.07) is 10.4. The minimum Gasteiger partial charge on any atom is -0.309 e. The van der Waals surface area contributed by atoms with E-state index in [0.717, 1.165) is 37.7 Å². The second-order valence-electron chi connectivity index (χ2n) is 5.08. The lowest BCUT2D eigenvalue weighted by Crippen LogP contribution is -2.52. The molecule has 0 amide bonds. The standard InChI is InChI=1S/C17H23N3S/c1-2-7-17(21)18-20-14-12-19(13-15-20)11-6-10-16-8-4-3-5-9-16/h2-10H,11-15H2,1H3,(H,18,21)/b7-2?,10-6+. The highest BCUT2D eigenvalue weighted by atomic mass is 32.1. The first-order valence-electron chi connectivity index (χ1n) is 7.40. The molecule has 0 spiro atoms. The van der Waals surface area contributed by atoms with E-state index in [4.69, 9.17) is 12.2 Å². The maximum Gasteiger partial charge on any atom is 0.113 e. The van der Waals surface area contributed by atoms with Crippen molar-refractivity contribution in [2.45, 2.75) is 6.92 Å². The fraction of sp³-hybridized carbons (Fsp3) is 0.353. The van der Waals surface area contributed by atoms with Crippen LogP contribution in [0.2, 0.25) is 0 Å². The summed E-state index contributed by atoms with van der Waals surface area (Å²) >= 11 is 5.22. The molecule has 1 heterocycles. The largest absolute Gasteiger partial charge is 0.309 e. The molecule has 112 valence electrons. The van der Waals surface area contributed by atoms with Gasteiger partial charge in [-0.05, 0) is 18.6 Å². The second kappa shape index (κ2) is 8.72. The predicted molar refractivity (Wildman–Crippen MR) is 94.0 cm³/mol. The topological polar surface area (TPSA) is 18.5 Å². The molecular weight excluding hydrogens is 278 g/mol. The van der Waals surface area contributed by atoms with Gasteiger partial charge in [-0.1, -0.05) is 60.8 Å². The fourth-order valence-corrected chi connectivity index (χ4v) is 2.55. The zero-order valence-corrected chi connectivity index (χ0v) is 13.4. The van der Waals surface area contributed by atoms with Gasteiger partial charge in [0.25, 0.3) is 0 Å². The van der Waals surface area contributed by atoms with Crippen LogP contribution in [0.15, 0.2) is 48.6 Å². The SMILES string of the molecule is CC=CC(=S)NN1CCN(C/C=C/c2ccccc2)CC1. The Morgan fingerprint density at radius 1 is 1.19 bits per heavy atom. The molecule has 1 aliphatic heterocycles. The zero-order valence-electron chi connectivity index (χ0n) is 12.5. The van der Waals surface area contributed by atoms with Gasteiger partial charge in [-0.15, -0.1) is 0 Å². The van der Waals surface area contributed by atoms with Crippen LogP contribution in [0.1, 0.15) is 12.5 Å². The Morgan fingerprint density at radius 3 is 2.57 bits per heavy atom. The molecule has 1 N–H and O–H groups in total. The van der Waals surface area contributed by atoms with Crippen molar-refractivity contribution in [3.05, 3.63) is 54.1 Å². The van der Waals surface area contributed by atoms with Crippen LogP contribution in [0.3, 0.4) is 0 Å². The summed E-state index contributed by atoms with van der Waals surface area (Å²) in [4.78, 5) is 3.24. The predicted octanol–water partition coefficient (Wildman–Crippen LogP) is 2.73. The number of rotatable bonds is 5. The van der Waals surface area contributed by atoms with Gasteiger partial charge in [0, 0.05) is 32.7 Å². The monoisotopic (exact) mass is 301 g/mol. The van der Waals surface area contributed by atoms with Gasteiger partial charge in [-0.25, -0.2) is 5.01 Å². The van der Waals surface area contributed by atoms with Crippen molar-refractivity contribution >= 4 is 23.3 Å². The highest BCUT2D eigenvalue weighted by Crippen LogP contribution is 2.03. The van der Waals surface area contributed by atoms with Gasteiger partial charge in [0.15, 0.2) is 0 Å². The molecular formula is C17H23N3S. The number of hydrazine groups is 1. The first-order valence-corrected chi connectivity index (χ1v) is 7.81. The molecule has 0 bridgehead atoms. The number of hydrogen-bond acceptors (Lipinski definition) is 3. The van der Waals surface area contributed by atoms with E-state index in [1.807, 2.05) is 25.1 Å². The van der Waals surface area contributed by atoms with E-state index >= 15 is 0 Å².